The number of methoxy groups -OCH3 is 2. The molecule has 0 spiro atoms. The third-order valence-corrected chi connectivity index (χ3v) is 3.02. The number of nitrogens with one attached hydrogen (secondary N) is 1. The summed E-state index contributed by atoms with van der Waals surface area (Å²) in [5.74, 6) is -1.64. The summed E-state index contributed by atoms with van der Waals surface area (Å²) in [5, 5.41) is 13.8. The van der Waals surface area contributed by atoms with Crippen LogP contribution in [0.3, 0.4) is 0 Å². The van der Waals surface area contributed by atoms with Crippen molar-refractivity contribution < 1.29 is 24.0 Å². The molecule has 0 aromatic heterocycles. The summed E-state index contributed by atoms with van der Waals surface area (Å²) in [6.07, 6.45) is 0.866. The van der Waals surface area contributed by atoms with Crippen molar-refractivity contribution in [2.75, 3.05) is 19.5 Å². The van der Waals surface area contributed by atoms with Crippen LogP contribution in [0.15, 0.2) is 23.9 Å². The predicted molar refractivity (Wildman–Crippen MR) is 78.3 cm³/mol. The van der Waals surface area contributed by atoms with Crippen molar-refractivity contribution >= 4 is 23.3 Å². The average molecular weight is 308 g/mol. The molecule has 0 saturated carbocycles. The quantitative estimate of drug-likeness (QED) is 0.383. The fourth-order valence-electron chi connectivity index (χ4n) is 1.72. The molecule has 0 radical (unpaired) electrons. The first kappa shape index (κ1) is 17.2. The van der Waals surface area contributed by atoms with Crippen molar-refractivity contribution in [1.29, 1.82) is 0 Å². The Morgan fingerprint density at radius 2 is 1.86 bits per heavy atom. The first-order valence-electron chi connectivity index (χ1n) is 6.21. The van der Waals surface area contributed by atoms with Crippen LogP contribution in [0.25, 0.3) is 0 Å². The molecule has 0 heterocycles. The second kappa shape index (κ2) is 7.21. The van der Waals surface area contributed by atoms with E-state index in [1.165, 1.54) is 6.07 Å². The van der Waals surface area contributed by atoms with Gasteiger partial charge >= 0.3 is 11.9 Å². The molecule has 1 aromatic rings. The summed E-state index contributed by atoms with van der Waals surface area (Å²) >= 11 is 0. The summed E-state index contributed by atoms with van der Waals surface area (Å²) in [4.78, 5) is 33.6. The maximum Gasteiger partial charge on any atom is 0.354 e. The Hall–Kier alpha value is -2.90. The largest absolute Gasteiger partial charge is 0.466 e. The van der Waals surface area contributed by atoms with Gasteiger partial charge in [0.15, 0.2) is 0 Å². The number of nitrogens with zero attached hydrogens (tertiary/aromatic N) is 1. The van der Waals surface area contributed by atoms with E-state index in [9.17, 15) is 19.7 Å². The molecule has 0 aliphatic carbocycles. The molecule has 1 N–H and O–H groups in total. The zero-order valence-electron chi connectivity index (χ0n) is 12.6. The minimum absolute atomic E-state index is 0.0775. The zero-order chi connectivity index (χ0) is 16.9. The molecule has 0 atom stereocenters. The molecule has 8 nitrogen and oxygen atoms in total. The van der Waals surface area contributed by atoms with E-state index in [-0.39, 0.29) is 17.1 Å². The Balaban J connectivity index is 3.33. The molecule has 0 amide bonds. The van der Waals surface area contributed by atoms with Gasteiger partial charge in [-0.1, -0.05) is 6.07 Å². The standard InChI is InChI=1S/C14H16N2O6/c1-8-5-6-10(13(9(8)2)16(19)20)15-11(14(18)22-4)7-12(17)21-3/h5-7,15H,1-4H3/b11-7-. The highest BCUT2D eigenvalue weighted by Crippen LogP contribution is 2.31. The van der Waals surface area contributed by atoms with Crippen LogP contribution in [0.4, 0.5) is 11.4 Å². The summed E-state index contributed by atoms with van der Waals surface area (Å²) in [5.41, 5.74) is 0.820. The first-order valence-corrected chi connectivity index (χ1v) is 6.21. The molecular formula is C14H16N2O6. The third kappa shape index (κ3) is 3.81. The Bertz CT molecular complexity index is 651. The second-order valence-electron chi connectivity index (χ2n) is 4.36. The molecule has 0 fully saturated rings. The third-order valence-electron chi connectivity index (χ3n) is 3.02. The molecule has 0 saturated heterocycles. The van der Waals surface area contributed by atoms with Crippen LogP contribution in [0.5, 0.6) is 0 Å². The van der Waals surface area contributed by atoms with E-state index in [0.717, 1.165) is 25.9 Å². The van der Waals surface area contributed by atoms with Gasteiger partial charge in [-0.2, -0.15) is 0 Å². The van der Waals surface area contributed by atoms with E-state index >= 15 is 0 Å². The first-order chi connectivity index (χ1) is 10.3. The molecule has 1 rings (SSSR count). The number of anilines is 1. The van der Waals surface area contributed by atoms with Crippen LogP contribution < -0.4 is 5.32 Å². The number of hydrogen-bond donors (Lipinski definition) is 1. The number of carbonyl (C=O) groups excluding carboxylic acids is 2. The monoisotopic (exact) mass is 308 g/mol. The number of esters is 2. The highest BCUT2D eigenvalue weighted by atomic mass is 16.6. The number of nitro groups is 1. The van der Waals surface area contributed by atoms with Crippen molar-refractivity contribution in [2.45, 2.75) is 13.8 Å². The summed E-state index contributed by atoms with van der Waals surface area (Å²) in [6, 6.07) is 3.12. The maximum atomic E-state index is 11.7. The number of benzene rings is 1. The number of hydrogen-bond acceptors (Lipinski definition) is 7. The predicted octanol–water partition coefficient (Wildman–Crippen LogP) is 1.85. The second-order valence-corrected chi connectivity index (χ2v) is 4.36. The van der Waals surface area contributed by atoms with Crippen LogP contribution in [0.2, 0.25) is 0 Å². The molecule has 8 heteroatoms. The molecule has 0 aliphatic rings. The van der Waals surface area contributed by atoms with Gasteiger partial charge in [-0.05, 0) is 25.5 Å². The lowest BCUT2D eigenvalue weighted by molar-refractivity contribution is -0.384. The van der Waals surface area contributed by atoms with Gasteiger partial charge in [-0.15, -0.1) is 0 Å². The van der Waals surface area contributed by atoms with Crippen LogP contribution in [-0.2, 0) is 19.1 Å². The smallest absolute Gasteiger partial charge is 0.354 e. The van der Waals surface area contributed by atoms with Gasteiger partial charge in [0.1, 0.15) is 11.4 Å². The van der Waals surface area contributed by atoms with Crippen molar-refractivity contribution in [1.82, 2.24) is 0 Å². The molecule has 0 aliphatic heterocycles. The zero-order valence-corrected chi connectivity index (χ0v) is 12.6. The van der Waals surface area contributed by atoms with Crippen molar-refractivity contribution in [3.05, 3.63) is 45.1 Å². The average Bonchev–Trinajstić information content (AvgIpc) is 2.48. The number of rotatable bonds is 5. The molecule has 1 aromatic carbocycles. The van der Waals surface area contributed by atoms with Gasteiger partial charge < -0.3 is 14.8 Å². The van der Waals surface area contributed by atoms with Gasteiger partial charge in [0.2, 0.25) is 0 Å². The number of nitro benzene ring substituents is 1. The number of carbonyl (C=O) groups is 2. The summed E-state index contributed by atoms with van der Waals surface area (Å²) in [6.45, 7) is 3.33. The van der Waals surface area contributed by atoms with Crippen LogP contribution >= 0.6 is 0 Å². The highest BCUT2D eigenvalue weighted by molar-refractivity contribution is 5.99. The van der Waals surface area contributed by atoms with Crippen molar-refractivity contribution in [2.24, 2.45) is 0 Å². The Morgan fingerprint density at radius 3 is 2.36 bits per heavy atom. The Labute approximate surface area is 126 Å². The summed E-state index contributed by atoms with van der Waals surface area (Å²) in [7, 11) is 2.27. The lowest BCUT2D eigenvalue weighted by atomic mass is 10.1. The lowest BCUT2D eigenvalue weighted by Crippen LogP contribution is -2.16. The topological polar surface area (TPSA) is 108 Å². The maximum absolute atomic E-state index is 11.7. The fraction of sp³-hybridized carbons (Fsp3) is 0.286. The molecule has 22 heavy (non-hydrogen) atoms. The highest BCUT2D eigenvalue weighted by Gasteiger charge is 2.22. The number of ether oxygens (including phenoxy) is 2. The van der Waals surface area contributed by atoms with E-state index in [4.69, 9.17) is 0 Å². The Morgan fingerprint density at radius 1 is 1.23 bits per heavy atom. The van der Waals surface area contributed by atoms with Gasteiger partial charge in [0.05, 0.1) is 25.2 Å². The Kier molecular flexibility index (Phi) is 5.62. The van der Waals surface area contributed by atoms with E-state index < -0.39 is 16.9 Å². The molecular weight excluding hydrogens is 292 g/mol. The number of aryl methyl sites for hydroxylation is 1. The minimum Gasteiger partial charge on any atom is -0.466 e. The minimum atomic E-state index is -0.849. The van der Waals surface area contributed by atoms with Gasteiger partial charge in [0, 0.05) is 5.56 Å². The summed E-state index contributed by atoms with van der Waals surface area (Å²) < 4.78 is 8.97. The van der Waals surface area contributed by atoms with Crippen molar-refractivity contribution in [3.8, 4) is 0 Å². The SMILES string of the molecule is COC(=O)/C=C(\Nc1ccc(C)c(C)c1[N+](=O)[O-])C(=O)OC. The van der Waals surface area contributed by atoms with Gasteiger partial charge in [0.25, 0.3) is 5.69 Å². The normalized spacial score (nSPS) is 10.8. The van der Waals surface area contributed by atoms with Crippen molar-refractivity contribution in [3.63, 3.8) is 0 Å². The van der Waals surface area contributed by atoms with E-state index in [2.05, 4.69) is 14.8 Å². The van der Waals surface area contributed by atoms with E-state index in [1.54, 1.807) is 19.9 Å². The van der Waals surface area contributed by atoms with Gasteiger partial charge in [-0.25, -0.2) is 9.59 Å². The lowest BCUT2D eigenvalue weighted by Gasteiger charge is -2.11. The van der Waals surface area contributed by atoms with Gasteiger partial charge in [-0.3, -0.25) is 10.1 Å². The van der Waals surface area contributed by atoms with E-state index in [0.29, 0.717) is 5.56 Å². The van der Waals surface area contributed by atoms with Crippen LogP contribution in [-0.4, -0.2) is 31.1 Å². The molecule has 118 valence electrons. The fourth-order valence-corrected chi connectivity index (χ4v) is 1.72. The molecule has 0 unspecified atom stereocenters. The van der Waals surface area contributed by atoms with E-state index in [1.807, 2.05) is 0 Å². The van der Waals surface area contributed by atoms with Crippen LogP contribution in [0, 0.1) is 24.0 Å². The van der Waals surface area contributed by atoms with Crippen LogP contribution in [0.1, 0.15) is 11.1 Å². The molecule has 0 bridgehead atoms.